The predicted molar refractivity (Wildman–Crippen MR) is 95.7 cm³/mol. The Morgan fingerprint density at radius 2 is 1.85 bits per heavy atom. The molecule has 2 aromatic carbocycles. The van der Waals surface area contributed by atoms with Crippen LogP contribution in [0, 0.1) is 5.82 Å². The van der Waals surface area contributed by atoms with Crippen LogP contribution in [-0.4, -0.2) is 23.9 Å². The smallest absolute Gasteiger partial charge is 0.338 e. The molecule has 0 aliphatic rings. The van der Waals surface area contributed by atoms with E-state index in [1.807, 2.05) is 0 Å². The highest BCUT2D eigenvalue weighted by molar-refractivity contribution is 6.33. The number of benzene rings is 2. The molecule has 1 atom stereocenters. The lowest BCUT2D eigenvalue weighted by atomic mass is 10.2. The summed E-state index contributed by atoms with van der Waals surface area (Å²) in [4.78, 5) is 35.4. The minimum atomic E-state index is -1.12. The molecule has 2 N–H and O–H groups in total. The van der Waals surface area contributed by atoms with Crippen molar-refractivity contribution >= 4 is 40.8 Å². The fourth-order valence-electron chi connectivity index (χ4n) is 2.03. The number of esters is 1. The van der Waals surface area contributed by atoms with E-state index in [4.69, 9.17) is 16.3 Å². The maximum atomic E-state index is 13.0. The second kappa shape index (κ2) is 8.44. The third kappa shape index (κ3) is 5.29. The molecule has 26 heavy (non-hydrogen) atoms. The van der Waals surface area contributed by atoms with E-state index in [1.54, 1.807) is 12.1 Å². The number of hydrogen-bond donors (Lipinski definition) is 2. The van der Waals surface area contributed by atoms with Gasteiger partial charge in [-0.05, 0) is 43.3 Å². The summed E-state index contributed by atoms with van der Waals surface area (Å²) in [5, 5.41) is 5.04. The fourth-order valence-corrected chi connectivity index (χ4v) is 2.25. The molecule has 0 spiro atoms. The van der Waals surface area contributed by atoms with Crippen LogP contribution in [0.4, 0.5) is 15.8 Å². The van der Waals surface area contributed by atoms with Crippen LogP contribution >= 0.6 is 11.6 Å². The number of carbonyl (C=O) groups is 3. The quantitative estimate of drug-likeness (QED) is 0.778. The molecule has 0 aliphatic heterocycles. The normalized spacial score (nSPS) is 11.4. The van der Waals surface area contributed by atoms with Gasteiger partial charge in [-0.3, -0.25) is 9.59 Å². The van der Waals surface area contributed by atoms with Crippen LogP contribution in [0.5, 0.6) is 0 Å². The van der Waals surface area contributed by atoms with Crippen molar-refractivity contribution in [2.75, 3.05) is 10.6 Å². The highest BCUT2D eigenvalue weighted by Gasteiger charge is 2.20. The zero-order valence-corrected chi connectivity index (χ0v) is 14.8. The van der Waals surface area contributed by atoms with E-state index in [2.05, 4.69) is 10.6 Å². The molecule has 2 rings (SSSR count). The number of halogens is 2. The molecule has 0 bridgehead atoms. The summed E-state index contributed by atoms with van der Waals surface area (Å²) < 4.78 is 18.1. The van der Waals surface area contributed by atoms with E-state index in [1.165, 1.54) is 32.0 Å². The number of rotatable bonds is 5. The Morgan fingerprint density at radius 1 is 1.12 bits per heavy atom. The molecular weight excluding hydrogens is 363 g/mol. The summed E-state index contributed by atoms with van der Waals surface area (Å²) in [5.41, 5.74) is 0.812. The maximum Gasteiger partial charge on any atom is 0.338 e. The van der Waals surface area contributed by atoms with Crippen molar-refractivity contribution in [3.8, 4) is 0 Å². The van der Waals surface area contributed by atoms with Gasteiger partial charge in [0.25, 0.3) is 5.91 Å². The van der Waals surface area contributed by atoms with E-state index in [-0.39, 0.29) is 22.2 Å². The Bertz CT molecular complexity index is 857. The zero-order valence-electron chi connectivity index (χ0n) is 14.0. The molecule has 136 valence electrons. The van der Waals surface area contributed by atoms with Crippen LogP contribution < -0.4 is 10.6 Å². The van der Waals surface area contributed by atoms with Crippen LogP contribution in [0.15, 0.2) is 42.5 Å². The van der Waals surface area contributed by atoms with E-state index in [0.717, 1.165) is 12.1 Å². The number of carbonyl (C=O) groups excluding carboxylic acids is 3. The molecule has 8 heteroatoms. The van der Waals surface area contributed by atoms with Gasteiger partial charge >= 0.3 is 5.97 Å². The van der Waals surface area contributed by atoms with E-state index >= 15 is 0 Å². The lowest BCUT2D eigenvalue weighted by molar-refractivity contribution is -0.123. The number of amides is 2. The van der Waals surface area contributed by atoms with Gasteiger partial charge in [0.15, 0.2) is 6.10 Å². The largest absolute Gasteiger partial charge is 0.449 e. The van der Waals surface area contributed by atoms with Crippen molar-refractivity contribution in [3.63, 3.8) is 0 Å². The van der Waals surface area contributed by atoms with Crippen molar-refractivity contribution in [2.45, 2.75) is 20.0 Å². The number of hydrogen-bond acceptors (Lipinski definition) is 4. The highest BCUT2D eigenvalue weighted by Crippen LogP contribution is 2.22. The monoisotopic (exact) mass is 378 g/mol. The molecule has 0 aromatic heterocycles. The van der Waals surface area contributed by atoms with Crippen LogP contribution in [-0.2, 0) is 14.3 Å². The Hall–Kier alpha value is -2.93. The molecule has 0 saturated carbocycles. The molecule has 0 fully saturated rings. The molecule has 0 aliphatic carbocycles. The van der Waals surface area contributed by atoms with Crippen LogP contribution in [0.2, 0.25) is 5.02 Å². The van der Waals surface area contributed by atoms with Crippen LogP contribution in [0.3, 0.4) is 0 Å². The van der Waals surface area contributed by atoms with Gasteiger partial charge in [-0.2, -0.15) is 0 Å². The average Bonchev–Trinajstić information content (AvgIpc) is 2.56. The summed E-state index contributed by atoms with van der Waals surface area (Å²) in [6.45, 7) is 2.74. The lowest BCUT2D eigenvalue weighted by Crippen LogP contribution is -2.30. The van der Waals surface area contributed by atoms with Crippen LogP contribution in [0.25, 0.3) is 0 Å². The van der Waals surface area contributed by atoms with Crippen molar-refractivity contribution in [3.05, 3.63) is 58.9 Å². The van der Waals surface area contributed by atoms with Gasteiger partial charge in [0, 0.05) is 12.6 Å². The second-order valence-corrected chi connectivity index (χ2v) is 5.83. The SMILES string of the molecule is CC(=O)Nc1cccc(C(=O)O[C@@H](C)C(=O)Nc2ccc(F)cc2Cl)c1. The third-order valence-corrected chi connectivity index (χ3v) is 3.57. The molecule has 2 amide bonds. The first-order chi connectivity index (χ1) is 12.3. The fraction of sp³-hybridized carbons (Fsp3) is 0.167. The van der Waals surface area contributed by atoms with Crippen molar-refractivity contribution in [1.29, 1.82) is 0 Å². The first-order valence-electron chi connectivity index (χ1n) is 7.61. The Balaban J connectivity index is 2.01. The van der Waals surface area contributed by atoms with E-state index < -0.39 is 23.8 Å². The first-order valence-corrected chi connectivity index (χ1v) is 7.98. The number of ether oxygens (including phenoxy) is 1. The van der Waals surface area contributed by atoms with Gasteiger partial charge in [-0.15, -0.1) is 0 Å². The summed E-state index contributed by atoms with van der Waals surface area (Å²) in [7, 11) is 0. The number of anilines is 2. The summed E-state index contributed by atoms with van der Waals surface area (Å²) in [6, 6.07) is 9.63. The highest BCUT2D eigenvalue weighted by atomic mass is 35.5. The summed E-state index contributed by atoms with van der Waals surface area (Å²) in [5.74, 6) is -2.17. The molecule has 6 nitrogen and oxygen atoms in total. The molecule has 0 saturated heterocycles. The molecule has 0 unspecified atom stereocenters. The third-order valence-electron chi connectivity index (χ3n) is 3.26. The van der Waals surface area contributed by atoms with Crippen molar-refractivity contribution in [1.82, 2.24) is 0 Å². The van der Waals surface area contributed by atoms with Crippen molar-refractivity contribution in [2.24, 2.45) is 0 Å². The van der Waals surface area contributed by atoms with E-state index in [9.17, 15) is 18.8 Å². The standard InChI is InChI=1S/C18H16ClFN2O4/c1-10(17(24)22-16-7-6-13(20)9-15(16)19)26-18(25)12-4-3-5-14(8-12)21-11(2)23/h3-10H,1-2H3,(H,21,23)(H,22,24)/t10-/m0/s1. The Kier molecular flexibility index (Phi) is 6.30. The maximum absolute atomic E-state index is 13.0. The van der Waals surface area contributed by atoms with Gasteiger partial charge in [-0.25, -0.2) is 9.18 Å². The summed E-state index contributed by atoms with van der Waals surface area (Å²) >= 11 is 5.84. The summed E-state index contributed by atoms with van der Waals surface area (Å²) in [6.07, 6.45) is -1.12. The Morgan fingerprint density at radius 3 is 2.50 bits per heavy atom. The van der Waals surface area contributed by atoms with Crippen LogP contribution in [0.1, 0.15) is 24.2 Å². The van der Waals surface area contributed by atoms with Gasteiger partial charge < -0.3 is 15.4 Å². The van der Waals surface area contributed by atoms with E-state index in [0.29, 0.717) is 5.69 Å². The molecule has 0 heterocycles. The van der Waals surface area contributed by atoms with Gasteiger partial charge in [0.05, 0.1) is 16.3 Å². The molecule has 0 radical (unpaired) electrons. The molecular formula is C18H16ClFN2O4. The zero-order chi connectivity index (χ0) is 19.3. The van der Waals surface area contributed by atoms with Crippen molar-refractivity contribution < 1.29 is 23.5 Å². The Labute approximate surface area is 154 Å². The average molecular weight is 379 g/mol. The minimum Gasteiger partial charge on any atom is -0.449 e. The first kappa shape index (κ1) is 19.4. The number of nitrogens with one attached hydrogen (secondary N) is 2. The lowest BCUT2D eigenvalue weighted by Gasteiger charge is -2.14. The van der Waals surface area contributed by atoms with Gasteiger partial charge in [0.1, 0.15) is 5.82 Å². The predicted octanol–water partition coefficient (Wildman–Crippen LogP) is 3.62. The second-order valence-electron chi connectivity index (χ2n) is 5.42. The van der Waals surface area contributed by atoms with Gasteiger partial charge in [-0.1, -0.05) is 17.7 Å². The van der Waals surface area contributed by atoms with Gasteiger partial charge in [0.2, 0.25) is 5.91 Å². The topological polar surface area (TPSA) is 84.5 Å². The molecule has 2 aromatic rings. The minimum absolute atomic E-state index is 0.0277.